The Morgan fingerprint density at radius 2 is 2.19 bits per heavy atom. The lowest BCUT2D eigenvalue weighted by Crippen LogP contribution is -2.47. The second-order valence-electron chi connectivity index (χ2n) is 5.15. The minimum atomic E-state index is -0.697. The molecule has 0 atom stereocenters. The zero-order valence-electron chi connectivity index (χ0n) is 11.9. The summed E-state index contributed by atoms with van der Waals surface area (Å²) in [4.78, 5) is 12.0. The first-order chi connectivity index (χ1) is 10.1. The molecule has 0 unspecified atom stereocenters. The van der Waals surface area contributed by atoms with E-state index in [4.69, 9.17) is 16.3 Å². The van der Waals surface area contributed by atoms with Crippen molar-refractivity contribution in [1.29, 1.82) is 5.26 Å². The van der Waals surface area contributed by atoms with E-state index in [1.54, 1.807) is 25.3 Å². The molecule has 1 aromatic carbocycles. The fourth-order valence-electron chi connectivity index (χ4n) is 2.55. The van der Waals surface area contributed by atoms with Gasteiger partial charge in [-0.1, -0.05) is 11.6 Å². The number of nitrogens with one attached hydrogen (secondary N) is 2. The summed E-state index contributed by atoms with van der Waals surface area (Å²) in [5.41, 5.74) is -0.0467. The molecule has 2 rings (SSSR count). The number of benzene rings is 1. The molecule has 0 spiro atoms. The molecule has 5 nitrogen and oxygen atoms in total. The van der Waals surface area contributed by atoms with Gasteiger partial charge in [0.2, 0.25) is 5.91 Å². The summed E-state index contributed by atoms with van der Waals surface area (Å²) >= 11 is 5.93. The molecule has 0 saturated heterocycles. The number of nitriles is 1. The molecule has 1 aromatic rings. The number of ether oxygens (including phenoxy) is 1. The molecule has 21 heavy (non-hydrogen) atoms. The van der Waals surface area contributed by atoms with E-state index in [2.05, 4.69) is 16.7 Å². The number of rotatable bonds is 5. The Bertz CT molecular complexity index is 563. The fraction of sp³-hybridized carbons (Fsp3) is 0.467. The molecule has 1 amide bonds. The Hall–Kier alpha value is -1.93. The van der Waals surface area contributed by atoms with Crippen molar-refractivity contribution in [3.63, 3.8) is 0 Å². The van der Waals surface area contributed by atoms with Crippen molar-refractivity contribution in [3.8, 4) is 11.8 Å². The van der Waals surface area contributed by atoms with Gasteiger partial charge in [0, 0.05) is 5.02 Å². The van der Waals surface area contributed by atoms with Crippen LogP contribution >= 0.6 is 11.6 Å². The normalized spacial score (nSPS) is 16.0. The minimum Gasteiger partial charge on any atom is -0.495 e. The van der Waals surface area contributed by atoms with Crippen LogP contribution in [0.3, 0.4) is 0 Å². The van der Waals surface area contributed by atoms with E-state index in [0.29, 0.717) is 16.5 Å². The maximum atomic E-state index is 12.0. The van der Waals surface area contributed by atoms with Crippen molar-refractivity contribution < 1.29 is 9.53 Å². The number of carbonyl (C=O) groups excluding carboxylic acids is 1. The number of carbonyl (C=O) groups is 1. The van der Waals surface area contributed by atoms with Crippen LogP contribution in [0.25, 0.3) is 0 Å². The first-order valence-electron chi connectivity index (χ1n) is 6.88. The lowest BCUT2D eigenvalue weighted by atomic mass is 10.00. The molecular weight excluding hydrogens is 290 g/mol. The molecule has 1 aliphatic carbocycles. The minimum absolute atomic E-state index is 0.0696. The topological polar surface area (TPSA) is 74.2 Å². The molecule has 2 N–H and O–H groups in total. The van der Waals surface area contributed by atoms with Gasteiger partial charge in [-0.3, -0.25) is 4.79 Å². The van der Waals surface area contributed by atoms with Crippen LogP contribution < -0.4 is 15.4 Å². The Morgan fingerprint density at radius 3 is 2.81 bits per heavy atom. The van der Waals surface area contributed by atoms with Crippen molar-refractivity contribution in [3.05, 3.63) is 23.2 Å². The molecule has 0 heterocycles. The summed E-state index contributed by atoms with van der Waals surface area (Å²) in [6.07, 6.45) is 3.39. The largest absolute Gasteiger partial charge is 0.495 e. The second kappa shape index (κ2) is 6.68. The predicted molar refractivity (Wildman–Crippen MR) is 81.4 cm³/mol. The van der Waals surface area contributed by atoms with Crippen molar-refractivity contribution in [1.82, 2.24) is 5.32 Å². The van der Waals surface area contributed by atoms with Crippen LogP contribution in [0.2, 0.25) is 5.02 Å². The van der Waals surface area contributed by atoms with E-state index in [1.807, 2.05) is 0 Å². The highest BCUT2D eigenvalue weighted by Crippen LogP contribution is 2.29. The van der Waals surface area contributed by atoms with Gasteiger partial charge in [-0.15, -0.1) is 0 Å². The van der Waals surface area contributed by atoms with Crippen molar-refractivity contribution in [2.45, 2.75) is 31.2 Å². The molecule has 112 valence electrons. The molecule has 1 saturated carbocycles. The van der Waals surface area contributed by atoms with Crippen LogP contribution in [-0.4, -0.2) is 25.1 Å². The average molecular weight is 308 g/mol. The highest BCUT2D eigenvalue weighted by atomic mass is 35.5. The number of methoxy groups -OCH3 is 1. The van der Waals surface area contributed by atoms with Gasteiger partial charge in [0.15, 0.2) is 0 Å². The quantitative estimate of drug-likeness (QED) is 0.877. The van der Waals surface area contributed by atoms with E-state index in [-0.39, 0.29) is 12.5 Å². The summed E-state index contributed by atoms with van der Waals surface area (Å²) in [7, 11) is 1.55. The Morgan fingerprint density at radius 1 is 1.48 bits per heavy atom. The number of amides is 1. The maximum absolute atomic E-state index is 12.0. The summed E-state index contributed by atoms with van der Waals surface area (Å²) in [5.74, 6) is 0.406. The van der Waals surface area contributed by atoms with Gasteiger partial charge in [0.25, 0.3) is 0 Å². The predicted octanol–water partition coefficient (Wildman–Crippen LogP) is 2.71. The Labute approximate surface area is 129 Å². The van der Waals surface area contributed by atoms with Gasteiger partial charge >= 0.3 is 0 Å². The average Bonchev–Trinajstić information content (AvgIpc) is 2.94. The van der Waals surface area contributed by atoms with E-state index >= 15 is 0 Å². The molecule has 0 bridgehead atoms. The molecule has 0 radical (unpaired) electrons. The molecule has 6 heteroatoms. The van der Waals surface area contributed by atoms with Crippen LogP contribution in [0.1, 0.15) is 25.7 Å². The lowest BCUT2D eigenvalue weighted by molar-refractivity contribution is -0.120. The smallest absolute Gasteiger partial charge is 0.240 e. The van der Waals surface area contributed by atoms with Gasteiger partial charge in [-0.05, 0) is 43.9 Å². The van der Waals surface area contributed by atoms with Gasteiger partial charge in [-0.25, -0.2) is 0 Å². The number of hydrogen-bond acceptors (Lipinski definition) is 4. The van der Waals surface area contributed by atoms with Crippen molar-refractivity contribution >= 4 is 23.2 Å². The van der Waals surface area contributed by atoms with Crippen molar-refractivity contribution in [2.24, 2.45) is 0 Å². The van der Waals surface area contributed by atoms with Crippen LogP contribution in [0, 0.1) is 11.3 Å². The highest BCUT2D eigenvalue weighted by Gasteiger charge is 2.35. The third-order valence-electron chi connectivity index (χ3n) is 3.65. The lowest BCUT2D eigenvalue weighted by Gasteiger charge is -2.22. The summed E-state index contributed by atoms with van der Waals surface area (Å²) in [6.45, 7) is 0.0696. The van der Waals surface area contributed by atoms with Crippen LogP contribution in [0.4, 0.5) is 5.69 Å². The Balaban J connectivity index is 1.95. The van der Waals surface area contributed by atoms with E-state index in [1.165, 1.54) is 0 Å². The maximum Gasteiger partial charge on any atom is 0.240 e. The van der Waals surface area contributed by atoms with E-state index in [0.717, 1.165) is 25.7 Å². The number of anilines is 1. The van der Waals surface area contributed by atoms with Crippen LogP contribution in [0.5, 0.6) is 5.75 Å². The number of halogens is 1. The van der Waals surface area contributed by atoms with Gasteiger partial charge in [0.05, 0.1) is 25.4 Å². The summed E-state index contributed by atoms with van der Waals surface area (Å²) in [5, 5.41) is 15.6. The molecule has 1 aliphatic rings. The summed E-state index contributed by atoms with van der Waals surface area (Å²) < 4.78 is 5.20. The third kappa shape index (κ3) is 3.79. The van der Waals surface area contributed by atoms with Gasteiger partial charge < -0.3 is 15.4 Å². The molecule has 0 aliphatic heterocycles. The Kier molecular flexibility index (Phi) is 4.92. The summed E-state index contributed by atoms with van der Waals surface area (Å²) in [6, 6.07) is 7.38. The first-order valence-corrected chi connectivity index (χ1v) is 7.26. The third-order valence-corrected chi connectivity index (χ3v) is 3.89. The monoisotopic (exact) mass is 307 g/mol. The fourth-order valence-corrected chi connectivity index (χ4v) is 2.72. The van der Waals surface area contributed by atoms with Crippen LogP contribution in [0.15, 0.2) is 18.2 Å². The molecule has 0 aromatic heterocycles. The molecule has 1 fully saturated rings. The van der Waals surface area contributed by atoms with E-state index < -0.39 is 5.54 Å². The van der Waals surface area contributed by atoms with E-state index in [9.17, 15) is 10.1 Å². The van der Waals surface area contributed by atoms with Crippen molar-refractivity contribution in [2.75, 3.05) is 19.0 Å². The zero-order chi connectivity index (χ0) is 15.3. The van der Waals surface area contributed by atoms with Gasteiger partial charge in [0.1, 0.15) is 11.3 Å². The van der Waals surface area contributed by atoms with Gasteiger partial charge in [-0.2, -0.15) is 5.26 Å². The zero-order valence-corrected chi connectivity index (χ0v) is 12.7. The second-order valence-corrected chi connectivity index (χ2v) is 5.58. The highest BCUT2D eigenvalue weighted by molar-refractivity contribution is 6.30. The number of hydrogen-bond donors (Lipinski definition) is 2. The molecular formula is C15H18ClN3O2. The first kappa shape index (κ1) is 15.5. The SMILES string of the molecule is COc1ccc(Cl)cc1NCC(=O)NC1(C#N)CCCC1. The van der Waals surface area contributed by atoms with Crippen LogP contribution in [-0.2, 0) is 4.79 Å². The number of nitrogens with zero attached hydrogens (tertiary/aromatic N) is 1. The standard InChI is InChI=1S/C15H18ClN3O2/c1-21-13-5-4-11(16)8-12(13)18-9-14(20)19-15(10-17)6-2-3-7-15/h4-5,8,18H,2-3,6-7,9H2,1H3,(H,19,20).